The highest BCUT2D eigenvalue weighted by Crippen LogP contribution is 2.30. The van der Waals surface area contributed by atoms with Gasteiger partial charge in [-0.2, -0.15) is 0 Å². The molecule has 10 heteroatoms. The van der Waals surface area contributed by atoms with Gasteiger partial charge in [0.2, 0.25) is 5.91 Å². The molecule has 51 heavy (non-hydrogen) atoms. The lowest BCUT2D eigenvalue weighted by Gasteiger charge is -2.40. The number of hydrogen-bond donors (Lipinski definition) is 1. The molecule has 0 saturated carbocycles. The van der Waals surface area contributed by atoms with Crippen molar-refractivity contribution in [1.82, 2.24) is 20.0 Å². The highest BCUT2D eigenvalue weighted by Gasteiger charge is 2.36. The number of nitrogens with zero attached hydrogens (tertiary/aromatic N) is 3. The summed E-state index contributed by atoms with van der Waals surface area (Å²) in [5.74, 6) is -0.317. The number of benzene rings is 4. The number of carbonyl (C=O) groups excluding carboxylic acids is 2. The Bertz CT molecular complexity index is 1760. The summed E-state index contributed by atoms with van der Waals surface area (Å²) >= 11 is 8.13. The van der Waals surface area contributed by atoms with Crippen LogP contribution in [0.3, 0.4) is 0 Å². The van der Waals surface area contributed by atoms with Gasteiger partial charge < -0.3 is 19.9 Å². The lowest BCUT2D eigenvalue weighted by Crippen LogP contribution is -2.58. The summed E-state index contributed by atoms with van der Waals surface area (Å²) in [4.78, 5) is 35.3. The predicted molar refractivity (Wildman–Crippen MR) is 203 cm³/mol. The highest BCUT2D eigenvalue weighted by molar-refractivity contribution is 7.98. The SMILES string of the molecule is CSc1ccccc1CN1CCN(C(=O)[C@H](NC(=O)OCc2ccccc2)C2CCN(CCc3cc(Cl)ccc3-c3ccccc3F)CC2)CC1. The first-order chi connectivity index (χ1) is 24.9. The van der Waals surface area contributed by atoms with Gasteiger partial charge in [-0.05, 0) is 91.0 Å². The third-order valence-corrected chi connectivity index (χ3v) is 11.1. The van der Waals surface area contributed by atoms with Gasteiger partial charge in [0.05, 0.1) is 0 Å². The number of rotatable bonds is 12. The maximum absolute atomic E-state index is 14.7. The number of hydrogen-bond acceptors (Lipinski definition) is 6. The molecule has 4 aromatic rings. The maximum Gasteiger partial charge on any atom is 0.408 e. The second-order valence-corrected chi connectivity index (χ2v) is 14.6. The van der Waals surface area contributed by atoms with E-state index in [1.54, 1.807) is 30.0 Å². The van der Waals surface area contributed by atoms with Gasteiger partial charge in [-0.1, -0.05) is 84.4 Å². The van der Waals surface area contributed by atoms with Gasteiger partial charge in [0.25, 0.3) is 0 Å². The number of thioether (sulfide) groups is 1. The van der Waals surface area contributed by atoms with Crippen LogP contribution in [0.5, 0.6) is 0 Å². The standard InChI is InChI=1S/C41H46ClFN4O3S/c1-51-38-14-8-5-11-33(38)28-46-23-25-47(26-24-46)40(48)39(44-41(49)50-29-30-9-3-2-4-10-30)31-17-20-45(21-18-31)22-19-32-27-34(42)15-16-35(32)36-12-6-7-13-37(36)43/h2-16,27,31,39H,17-26,28-29H2,1H3,(H,44,49)/t39-/m1/s1. The molecular formula is C41H46ClFN4O3S. The largest absolute Gasteiger partial charge is 0.445 e. The van der Waals surface area contributed by atoms with Crippen molar-refractivity contribution in [2.24, 2.45) is 5.92 Å². The lowest BCUT2D eigenvalue weighted by atomic mass is 9.88. The third-order valence-electron chi connectivity index (χ3n) is 10.1. The molecule has 268 valence electrons. The molecule has 4 aromatic carbocycles. The summed E-state index contributed by atoms with van der Waals surface area (Å²) in [6, 6.07) is 29.8. The van der Waals surface area contributed by atoms with Gasteiger partial charge in [0.1, 0.15) is 18.5 Å². The van der Waals surface area contributed by atoms with E-state index in [1.807, 2.05) is 53.4 Å². The maximum atomic E-state index is 14.7. The minimum atomic E-state index is -0.667. The van der Waals surface area contributed by atoms with Gasteiger partial charge >= 0.3 is 6.09 Å². The second-order valence-electron chi connectivity index (χ2n) is 13.3. The lowest BCUT2D eigenvalue weighted by molar-refractivity contribution is -0.137. The fraction of sp³-hybridized carbons (Fsp3) is 0.366. The Morgan fingerprint density at radius 3 is 2.29 bits per heavy atom. The number of ether oxygens (including phenoxy) is 1. The van der Waals surface area contributed by atoms with Crippen LogP contribution in [-0.4, -0.2) is 84.8 Å². The molecule has 2 aliphatic rings. The fourth-order valence-electron chi connectivity index (χ4n) is 7.17. The molecule has 0 radical (unpaired) electrons. The summed E-state index contributed by atoms with van der Waals surface area (Å²) < 4.78 is 20.3. The molecule has 0 spiro atoms. The number of amides is 2. The Balaban J connectivity index is 1.08. The Morgan fingerprint density at radius 1 is 0.843 bits per heavy atom. The normalized spacial score (nSPS) is 16.5. The number of halogens is 2. The van der Waals surface area contributed by atoms with E-state index in [-0.39, 0.29) is 24.2 Å². The van der Waals surface area contributed by atoms with E-state index in [0.717, 1.165) is 68.8 Å². The zero-order valence-electron chi connectivity index (χ0n) is 29.1. The molecule has 2 aliphatic heterocycles. The summed E-state index contributed by atoms with van der Waals surface area (Å²) in [5, 5.41) is 3.62. The van der Waals surface area contributed by atoms with E-state index in [4.69, 9.17) is 16.3 Å². The van der Waals surface area contributed by atoms with E-state index >= 15 is 0 Å². The number of alkyl carbamates (subject to hydrolysis) is 1. The van der Waals surface area contributed by atoms with Crippen molar-refractivity contribution < 1.29 is 18.7 Å². The molecule has 1 N–H and O–H groups in total. The van der Waals surface area contributed by atoms with Crippen LogP contribution in [0.15, 0.2) is 102 Å². The quantitative estimate of drug-likeness (QED) is 0.151. The van der Waals surface area contributed by atoms with Crippen LogP contribution in [0.25, 0.3) is 11.1 Å². The Morgan fingerprint density at radius 2 is 1.55 bits per heavy atom. The van der Waals surface area contributed by atoms with E-state index in [1.165, 1.54) is 16.5 Å². The van der Waals surface area contributed by atoms with Crippen LogP contribution < -0.4 is 5.32 Å². The minimum Gasteiger partial charge on any atom is -0.445 e. The summed E-state index contributed by atoms with van der Waals surface area (Å²) in [6.07, 6.45) is 3.76. The molecule has 2 amide bonds. The molecular weight excluding hydrogens is 683 g/mol. The van der Waals surface area contributed by atoms with Gasteiger partial charge in [0, 0.05) is 54.8 Å². The Kier molecular flexibility index (Phi) is 13.1. The zero-order valence-corrected chi connectivity index (χ0v) is 30.7. The van der Waals surface area contributed by atoms with Crippen LogP contribution in [0.1, 0.15) is 29.5 Å². The summed E-state index contributed by atoms with van der Waals surface area (Å²) in [7, 11) is 0. The van der Waals surface area contributed by atoms with Gasteiger partial charge in [-0.25, -0.2) is 9.18 Å². The molecule has 6 rings (SSSR count). The van der Waals surface area contributed by atoms with E-state index in [2.05, 4.69) is 45.6 Å². The number of carbonyl (C=O) groups is 2. The third kappa shape index (κ3) is 9.92. The van der Waals surface area contributed by atoms with Crippen LogP contribution in [0, 0.1) is 11.7 Å². The van der Waals surface area contributed by atoms with Crippen molar-refractivity contribution in [2.45, 2.75) is 43.4 Å². The number of piperazine rings is 1. The van der Waals surface area contributed by atoms with Crippen molar-refractivity contribution >= 4 is 35.4 Å². The Labute approximate surface area is 310 Å². The molecule has 2 fully saturated rings. The van der Waals surface area contributed by atoms with E-state index < -0.39 is 12.1 Å². The molecule has 0 unspecified atom stereocenters. The topological polar surface area (TPSA) is 65.1 Å². The van der Waals surface area contributed by atoms with Crippen molar-refractivity contribution in [3.05, 3.63) is 125 Å². The molecule has 1 atom stereocenters. The minimum absolute atomic E-state index is 0.0235. The monoisotopic (exact) mass is 728 g/mol. The molecule has 0 aromatic heterocycles. The smallest absolute Gasteiger partial charge is 0.408 e. The number of piperidine rings is 1. The van der Waals surface area contributed by atoms with Crippen LogP contribution in [0.2, 0.25) is 5.02 Å². The number of nitrogens with one attached hydrogen (secondary N) is 1. The average molecular weight is 729 g/mol. The molecule has 2 heterocycles. The van der Waals surface area contributed by atoms with Crippen LogP contribution in [-0.2, 0) is 29.1 Å². The highest BCUT2D eigenvalue weighted by atomic mass is 35.5. The number of likely N-dealkylation sites (tertiary alicyclic amines) is 1. The van der Waals surface area contributed by atoms with Crippen molar-refractivity contribution in [3.63, 3.8) is 0 Å². The first-order valence-electron chi connectivity index (χ1n) is 17.7. The summed E-state index contributed by atoms with van der Waals surface area (Å²) in [6.45, 7) is 6.11. The summed E-state index contributed by atoms with van der Waals surface area (Å²) in [5.41, 5.74) is 4.61. The molecule has 2 saturated heterocycles. The fourth-order valence-corrected chi connectivity index (χ4v) is 7.97. The molecule has 0 bridgehead atoms. The van der Waals surface area contributed by atoms with Gasteiger partial charge in [-0.15, -0.1) is 11.8 Å². The second kappa shape index (κ2) is 18.0. The van der Waals surface area contributed by atoms with Crippen molar-refractivity contribution in [3.8, 4) is 11.1 Å². The van der Waals surface area contributed by atoms with Crippen molar-refractivity contribution in [2.75, 3.05) is 52.1 Å². The van der Waals surface area contributed by atoms with Gasteiger partial charge in [-0.3, -0.25) is 9.69 Å². The zero-order chi connectivity index (χ0) is 35.6. The molecule has 0 aliphatic carbocycles. The predicted octanol–water partition coefficient (Wildman–Crippen LogP) is 7.76. The van der Waals surface area contributed by atoms with E-state index in [0.29, 0.717) is 30.1 Å². The average Bonchev–Trinajstić information content (AvgIpc) is 3.17. The van der Waals surface area contributed by atoms with E-state index in [9.17, 15) is 14.0 Å². The van der Waals surface area contributed by atoms with Crippen molar-refractivity contribution in [1.29, 1.82) is 0 Å². The first kappa shape index (κ1) is 36.9. The first-order valence-corrected chi connectivity index (χ1v) is 19.3. The van der Waals surface area contributed by atoms with Crippen LogP contribution in [0.4, 0.5) is 9.18 Å². The Hall–Kier alpha value is -3.89. The molecule has 7 nitrogen and oxygen atoms in total. The van der Waals surface area contributed by atoms with Gasteiger partial charge in [0.15, 0.2) is 0 Å². The van der Waals surface area contributed by atoms with Crippen LogP contribution >= 0.6 is 23.4 Å².